The highest BCUT2D eigenvalue weighted by Gasteiger charge is 2.36. The van der Waals surface area contributed by atoms with Crippen LogP contribution in [0, 0.1) is 0 Å². The van der Waals surface area contributed by atoms with E-state index in [0.29, 0.717) is 0 Å². The molecule has 4 N–H and O–H groups in total. The summed E-state index contributed by atoms with van der Waals surface area (Å²) in [6.07, 6.45) is 0. The van der Waals surface area contributed by atoms with E-state index in [4.69, 9.17) is 0 Å². The first-order chi connectivity index (χ1) is 10.4. The summed E-state index contributed by atoms with van der Waals surface area (Å²) < 4.78 is 0. The summed E-state index contributed by atoms with van der Waals surface area (Å²) in [6.45, 7) is 0. The zero-order valence-electron chi connectivity index (χ0n) is 11.4. The van der Waals surface area contributed by atoms with Crippen LogP contribution < -0.4 is 0 Å². The van der Waals surface area contributed by atoms with Crippen molar-refractivity contribution in [3.8, 4) is 11.5 Å². The lowest BCUT2D eigenvalue weighted by Crippen LogP contribution is -2.26. The SMILES string of the molecule is O=C(O)[C@H](c1ccc(O)cc1)[C@H](C(=O)O)c1ccc(O)cc1. The van der Waals surface area contributed by atoms with Crippen LogP contribution in [0.1, 0.15) is 23.0 Å². The van der Waals surface area contributed by atoms with Crippen molar-refractivity contribution in [3.05, 3.63) is 59.7 Å². The van der Waals surface area contributed by atoms with Gasteiger partial charge >= 0.3 is 11.9 Å². The second kappa shape index (κ2) is 6.17. The lowest BCUT2D eigenvalue weighted by Gasteiger charge is -2.21. The van der Waals surface area contributed by atoms with E-state index < -0.39 is 23.8 Å². The van der Waals surface area contributed by atoms with Gasteiger partial charge < -0.3 is 20.4 Å². The van der Waals surface area contributed by atoms with E-state index in [1.807, 2.05) is 0 Å². The van der Waals surface area contributed by atoms with Crippen molar-refractivity contribution in [2.75, 3.05) is 0 Å². The van der Waals surface area contributed by atoms with Crippen LogP contribution in [0.4, 0.5) is 0 Å². The largest absolute Gasteiger partial charge is 0.508 e. The van der Waals surface area contributed by atoms with Crippen LogP contribution in [-0.2, 0) is 9.59 Å². The molecular formula is C16H14O6. The van der Waals surface area contributed by atoms with Gasteiger partial charge in [-0.25, -0.2) is 0 Å². The number of phenols is 2. The standard InChI is InChI=1S/C16H14O6/c17-11-5-1-9(2-6-11)13(15(19)20)14(16(21)22)10-3-7-12(18)8-4-10/h1-8,13-14,17-18H,(H,19,20)(H,21,22)/t13-,14-/m1/s1. The van der Waals surface area contributed by atoms with E-state index in [9.17, 15) is 30.0 Å². The summed E-state index contributed by atoms with van der Waals surface area (Å²) in [5.41, 5.74) is 0.538. The minimum atomic E-state index is -1.32. The van der Waals surface area contributed by atoms with Crippen molar-refractivity contribution in [1.82, 2.24) is 0 Å². The van der Waals surface area contributed by atoms with Gasteiger partial charge in [0.1, 0.15) is 11.5 Å². The van der Waals surface area contributed by atoms with E-state index in [2.05, 4.69) is 0 Å². The molecule has 0 aliphatic carbocycles. The fourth-order valence-electron chi connectivity index (χ4n) is 2.32. The first-order valence-corrected chi connectivity index (χ1v) is 6.43. The number of hydrogen-bond acceptors (Lipinski definition) is 4. The Morgan fingerprint density at radius 1 is 0.636 bits per heavy atom. The van der Waals surface area contributed by atoms with Crippen LogP contribution in [-0.4, -0.2) is 32.4 Å². The number of phenolic OH excluding ortho intramolecular Hbond substituents is 2. The third-order valence-corrected chi connectivity index (χ3v) is 3.37. The van der Waals surface area contributed by atoms with E-state index in [1.165, 1.54) is 48.5 Å². The molecule has 2 atom stereocenters. The number of aromatic hydroxyl groups is 2. The summed E-state index contributed by atoms with van der Waals surface area (Å²) in [6, 6.07) is 10.7. The average molecular weight is 302 g/mol. The molecule has 0 aliphatic rings. The molecule has 2 rings (SSSR count). The number of carbonyl (C=O) groups is 2. The number of hydrogen-bond donors (Lipinski definition) is 4. The number of benzene rings is 2. The normalized spacial score (nSPS) is 13.3. The maximum Gasteiger partial charge on any atom is 0.312 e. The zero-order valence-corrected chi connectivity index (χ0v) is 11.4. The summed E-state index contributed by atoms with van der Waals surface area (Å²) in [5.74, 6) is -5.28. The van der Waals surface area contributed by atoms with Crippen molar-refractivity contribution in [2.45, 2.75) is 11.8 Å². The molecule has 2 aromatic carbocycles. The summed E-state index contributed by atoms with van der Waals surface area (Å²) in [7, 11) is 0. The van der Waals surface area contributed by atoms with Gasteiger partial charge in [-0.3, -0.25) is 9.59 Å². The quantitative estimate of drug-likeness (QED) is 0.672. The second-order valence-electron chi connectivity index (χ2n) is 4.81. The molecule has 0 spiro atoms. The molecule has 0 fully saturated rings. The first-order valence-electron chi connectivity index (χ1n) is 6.43. The molecule has 6 heteroatoms. The van der Waals surface area contributed by atoms with Crippen molar-refractivity contribution < 1.29 is 30.0 Å². The van der Waals surface area contributed by atoms with Gasteiger partial charge in [-0.15, -0.1) is 0 Å². The summed E-state index contributed by atoms with van der Waals surface area (Å²) >= 11 is 0. The number of carboxylic acids is 2. The molecule has 22 heavy (non-hydrogen) atoms. The molecule has 0 unspecified atom stereocenters. The van der Waals surface area contributed by atoms with Crippen molar-refractivity contribution in [1.29, 1.82) is 0 Å². The third-order valence-electron chi connectivity index (χ3n) is 3.37. The molecule has 6 nitrogen and oxygen atoms in total. The Morgan fingerprint density at radius 2 is 0.909 bits per heavy atom. The van der Waals surface area contributed by atoms with Gasteiger partial charge in [0, 0.05) is 0 Å². The maximum atomic E-state index is 11.6. The van der Waals surface area contributed by atoms with Gasteiger partial charge in [0.25, 0.3) is 0 Å². The highest BCUT2D eigenvalue weighted by molar-refractivity contribution is 5.88. The molecule has 0 aromatic heterocycles. The van der Waals surface area contributed by atoms with Crippen LogP contribution >= 0.6 is 0 Å². The minimum absolute atomic E-state index is 0.0376. The lowest BCUT2D eigenvalue weighted by molar-refractivity contribution is -0.147. The van der Waals surface area contributed by atoms with Gasteiger partial charge in [-0.1, -0.05) is 24.3 Å². The predicted octanol–water partition coefficient (Wildman–Crippen LogP) is 2.13. The first kappa shape index (κ1) is 15.4. The smallest absolute Gasteiger partial charge is 0.312 e. The Hall–Kier alpha value is -3.02. The Morgan fingerprint density at radius 3 is 1.14 bits per heavy atom. The van der Waals surface area contributed by atoms with Crippen LogP contribution in [0.2, 0.25) is 0 Å². The van der Waals surface area contributed by atoms with E-state index >= 15 is 0 Å². The van der Waals surface area contributed by atoms with Crippen LogP contribution in [0.5, 0.6) is 11.5 Å². The summed E-state index contributed by atoms with van der Waals surface area (Å²) in [4.78, 5) is 23.2. The highest BCUT2D eigenvalue weighted by atomic mass is 16.4. The summed E-state index contributed by atoms with van der Waals surface area (Å²) in [5, 5.41) is 37.5. The number of carboxylic acid groups (broad SMARTS) is 2. The third kappa shape index (κ3) is 3.17. The van der Waals surface area contributed by atoms with Gasteiger partial charge in [0.05, 0.1) is 11.8 Å². The van der Waals surface area contributed by atoms with Gasteiger partial charge in [-0.2, -0.15) is 0 Å². The maximum absolute atomic E-state index is 11.6. The molecule has 114 valence electrons. The minimum Gasteiger partial charge on any atom is -0.508 e. The average Bonchev–Trinajstić information content (AvgIpc) is 2.46. The van der Waals surface area contributed by atoms with Gasteiger partial charge in [-0.05, 0) is 35.4 Å². The Balaban J connectivity index is 2.51. The molecule has 0 saturated heterocycles. The van der Waals surface area contributed by atoms with Crippen LogP contribution in [0.15, 0.2) is 48.5 Å². The van der Waals surface area contributed by atoms with E-state index in [-0.39, 0.29) is 22.6 Å². The van der Waals surface area contributed by atoms with Crippen LogP contribution in [0.3, 0.4) is 0 Å². The predicted molar refractivity (Wildman–Crippen MR) is 77.0 cm³/mol. The fraction of sp³-hybridized carbons (Fsp3) is 0.125. The topological polar surface area (TPSA) is 115 Å². The van der Waals surface area contributed by atoms with Crippen molar-refractivity contribution >= 4 is 11.9 Å². The zero-order chi connectivity index (χ0) is 16.3. The molecule has 0 saturated carbocycles. The van der Waals surface area contributed by atoms with Crippen LogP contribution in [0.25, 0.3) is 0 Å². The fourth-order valence-corrected chi connectivity index (χ4v) is 2.32. The molecule has 0 aliphatic heterocycles. The van der Waals surface area contributed by atoms with Gasteiger partial charge in [0.2, 0.25) is 0 Å². The highest BCUT2D eigenvalue weighted by Crippen LogP contribution is 2.35. The van der Waals surface area contributed by atoms with Gasteiger partial charge in [0.15, 0.2) is 0 Å². The molecule has 2 aromatic rings. The Bertz CT molecular complexity index is 613. The van der Waals surface area contributed by atoms with Crippen molar-refractivity contribution in [3.63, 3.8) is 0 Å². The van der Waals surface area contributed by atoms with E-state index in [1.54, 1.807) is 0 Å². The second-order valence-corrected chi connectivity index (χ2v) is 4.81. The number of aliphatic carboxylic acids is 2. The molecule has 0 heterocycles. The van der Waals surface area contributed by atoms with Crippen molar-refractivity contribution in [2.24, 2.45) is 0 Å². The molecule has 0 radical (unpaired) electrons. The van der Waals surface area contributed by atoms with E-state index in [0.717, 1.165) is 0 Å². The molecule has 0 bridgehead atoms. The molecule has 0 amide bonds. The monoisotopic (exact) mass is 302 g/mol. The lowest BCUT2D eigenvalue weighted by atomic mass is 9.81. The Labute approximate surface area is 125 Å². The number of rotatable bonds is 5. The molecular weight excluding hydrogens is 288 g/mol. The Kier molecular flexibility index (Phi) is 4.31.